The lowest BCUT2D eigenvalue weighted by Gasteiger charge is -2.17. The molecule has 1 aliphatic heterocycles. The summed E-state index contributed by atoms with van der Waals surface area (Å²) in [6, 6.07) is 3.74. The van der Waals surface area contributed by atoms with Crippen LogP contribution in [0.25, 0.3) is 0 Å². The Morgan fingerprint density at radius 1 is 1.19 bits per heavy atom. The fourth-order valence-corrected chi connectivity index (χ4v) is 3.32. The third kappa shape index (κ3) is 4.72. The first-order valence-corrected chi connectivity index (χ1v) is 9.75. The van der Waals surface area contributed by atoms with Crippen molar-refractivity contribution < 1.29 is 9.59 Å². The molecule has 1 aliphatic rings. The molecule has 144 valence electrons. The van der Waals surface area contributed by atoms with Gasteiger partial charge in [0, 0.05) is 32.0 Å². The Morgan fingerprint density at radius 3 is 2.85 bits per heavy atom. The number of imidazole rings is 1. The van der Waals surface area contributed by atoms with Crippen LogP contribution in [0.2, 0.25) is 0 Å². The molecular weight excluding hydrogens is 342 g/mol. The van der Waals surface area contributed by atoms with Crippen LogP contribution >= 0.6 is 0 Å². The standard InChI is InChI=1S/C20H27N5O2/c1-2-3-5-11-22-20(27)18-24-17(16-9-4-6-12-25(16)18)19(26)23-14-15-8-7-10-21-13-15/h7-8,10,13H,2-6,9,11-12,14H2,1H3,(H,22,27)(H,23,26). The molecule has 0 spiro atoms. The molecule has 3 rings (SSSR count). The van der Waals surface area contributed by atoms with E-state index in [0.717, 1.165) is 56.3 Å². The van der Waals surface area contributed by atoms with Crippen LogP contribution in [0.3, 0.4) is 0 Å². The highest BCUT2D eigenvalue weighted by molar-refractivity contribution is 5.97. The minimum atomic E-state index is -0.241. The summed E-state index contributed by atoms with van der Waals surface area (Å²) in [6.45, 7) is 3.88. The average Bonchev–Trinajstić information content (AvgIpc) is 3.10. The summed E-state index contributed by atoms with van der Waals surface area (Å²) < 4.78 is 1.91. The van der Waals surface area contributed by atoms with Gasteiger partial charge in [0.2, 0.25) is 0 Å². The molecule has 0 fully saturated rings. The van der Waals surface area contributed by atoms with Crippen molar-refractivity contribution in [2.24, 2.45) is 0 Å². The number of nitrogens with one attached hydrogen (secondary N) is 2. The molecule has 0 aromatic carbocycles. The number of amides is 2. The monoisotopic (exact) mass is 369 g/mol. The summed E-state index contributed by atoms with van der Waals surface area (Å²) in [5, 5.41) is 5.82. The molecule has 2 aromatic rings. The SMILES string of the molecule is CCCCCNC(=O)c1nc(C(=O)NCc2cccnc2)c2n1CCCC2. The topological polar surface area (TPSA) is 88.9 Å². The van der Waals surface area contributed by atoms with Gasteiger partial charge in [-0.15, -0.1) is 0 Å². The minimum absolute atomic E-state index is 0.194. The molecule has 0 radical (unpaired) electrons. The van der Waals surface area contributed by atoms with E-state index in [1.54, 1.807) is 12.4 Å². The van der Waals surface area contributed by atoms with Crippen molar-refractivity contribution in [3.05, 3.63) is 47.3 Å². The van der Waals surface area contributed by atoms with Crippen molar-refractivity contribution in [1.82, 2.24) is 25.2 Å². The lowest BCUT2D eigenvalue weighted by molar-refractivity contribution is 0.0937. The fourth-order valence-electron chi connectivity index (χ4n) is 3.32. The maximum Gasteiger partial charge on any atom is 0.287 e. The van der Waals surface area contributed by atoms with Crippen LogP contribution in [0.4, 0.5) is 0 Å². The normalized spacial score (nSPS) is 13.1. The molecule has 2 N–H and O–H groups in total. The van der Waals surface area contributed by atoms with Crippen LogP contribution in [0, 0.1) is 0 Å². The Morgan fingerprint density at radius 2 is 2.07 bits per heavy atom. The number of aromatic nitrogens is 3. The van der Waals surface area contributed by atoms with E-state index in [4.69, 9.17) is 0 Å². The van der Waals surface area contributed by atoms with Crippen LogP contribution in [0.15, 0.2) is 24.5 Å². The van der Waals surface area contributed by atoms with Gasteiger partial charge in [-0.1, -0.05) is 25.8 Å². The van der Waals surface area contributed by atoms with Crippen molar-refractivity contribution in [1.29, 1.82) is 0 Å². The zero-order valence-electron chi connectivity index (χ0n) is 15.8. The van der Waals surface area contributed by atoms with Crippen LogP contribution in [-0.2, 0) is 19.5 Å². The van der Waals surface area contributed by atoms with Gasteiger partial charge in [-0.05, 0) is 37.3 Å². The smallest absolute Gasteiger partial charge is 0.287 e. The van der Waals surface area contributed by atoms with Gasteiger partial charge in [-0.25, -0.2) is 4.98 Å². The summed E-state index contributed by atoms with van der Waals surface area (Å²) in [4.78, 5) is 33.7. The molecular formula is C20H27N5O2. The predicted molar refractivity (Wildman–Crippen MR) is 102 cm³/mol. The molecule has 7 heteroatoms. The highest BCUT2D eigenvalue weighted by atomic mass is 16.2. The fraction of sp³-hybridized carbons (Fsp3) is 0.500. The van der Waals surface area contributed by atoms with Crippen LogP contribution in [0.1, 0.15) is 71.4 Å². The van der Waals surface area contributed by atoms with Gasteiger partial charge in [-0.2, -0.15) is 0 Å². The molecule has 3 heterocycles. The summed E-state index contributed by atoms with van der Waals surface area (Å²) in [5.74, 6) is -0.0807. The van der Waals surface area contributed by atoms with E-state index in [2.05, 4.69) is 27.5 Å². The Bertz CT molecular complexity index is 785. The maximum atomic E-state index is 12.7. The van der Waals surface area contributed by atoms with Gasteiger partial charge in [0.25, 0.3) is 11.8 Å². The Hall–Kier alpha value is -2.70. The quantitative estimate of drug-likeness (QED) is 0.700. The zero-order valence-corrected chi connectivity index (χ0v) is 15.8. The number of carbonyl (C=O) groups excluding carboxylic acids is 2. The Balaban J connectivity index is 1.72. The molecule has 7 nitrogen and oxygen atoms in total. The third-order valence-corrected chi connectivity index (χ3v) is 4.78. The van der Waals surface area contributed by atoms with Crippen LogP contribution in [0.5, 0.6) is 0 Å². The number of fused-ring (bicyclic) bond motifs is 1. The highest BCUT2D eigenvalue weighted by Gasteiger charge is 2.27. The number of hydrogen-bond acceptors (Lipinski definition) is 4. The second-order valence-electron chi connectivity index (χ2n) is 6.85. The number of carbonyl (C=O) groups is 2. The number of nitrogens with zero attached hydrogens (tertiary/aromatic N) is 3. The van der Waals surface area contributed by atoms with E-state index in [0.29, 0.717) is 24.6 Å². The number of hydrogen-bond donors (Lipinski definition) is 2. The van der Waals surface area contributed by atoms with E-state index in [9.17, 15) is 9.59 Å². The second kappa shape index (κ2) is 9.30. The zero-order chi connectivity index (χ0) is 19.1. The number of unbranched alkanes of at least 4 members (excludes halogenated alkanes) is 2. The molecule has 2 amide bonds. The Labute approximate surface area is 159 Å². The first-order valence-electron chi connectivity index (χ1n) is 9.75. The van der Waals surface area contributed by atoms with E-state index in [-0.39, 0.29) is 11.8 Å². The van der Waals surface area contributed by atoms with Gasteiger partial charge >= 0.3 is 0 Å². The molecule has 27 heavy (non-hydrogen) atoms. The van der Waals surface area contributed by atoms with Gasteiger partial charge < -0.3 is 15.2 Å². The van der Waals surface area contributed by atoms with Crippen molar-refractivity contribution in [3.63, 3.8) is 0 Å². The molecule has 0 aliphatic carbocycles. The summed E-state index contributed by atoms with van der Waals surface area (Å²) in [7, 11) is 0. The highest BCUT2D eigenvalue weighted by Crippen LogP contribution is 2.21. The Kier molecular flexibility index (Phi) is 6.57. The van der Waals surface area contributed by atoms with Gasteiger partial charge in [0.15, 0.2) is 5.82 Å². The lowest BCUT2D eigenvalue weighted by Crippen LogP contribution is -2.28. The predicted octanol–water partition coefficient (Wildman–Crippen LogP) is 2.46. The van der Waals surface area contributed by atoms with E-state index < -0.39 is 0 Å². The first kappa shape index (κ1) is 19.1. The van der Waals surface area contributed by atoms with Crippen molar-refractivity contribution in [2.75, 3.05) is 6.54 Å². The average molecular weight is 369 g/mol. The molecule has 0 saturated carbocycles. The number of rotatable bonds is 8. The summed E-state index contributed by atoms with van der Waals surface area (Å²) in [5.41, 5.74) is 2.16. The first-order chi connectivity index (χ1) is 13.2. The third-order valence-electron chi connectivity index (χ3n) is 4.78. The van der Waals surface area contributed by atoms with Gasteiger partial charge in [0.05, 0.1) is 5.69 Å². The lowest BCUT2D eigenvalue weighted by atomic mass is 10.1. The molecule has 0 bridgehead atoms. The largest absolute Gasteiger partial charge is 0.349 e. The molecule has 2 aromatic heterocycles. The van der Waals surface area contributed by atoms with Gasteiger partial charge in [-0.3, -0.25) is 14.6 Å². The molecule has 0 saturated heterocycles. The minimum Gasteiger partial charge on any atom is -0.349 e. The van der Waals surface area contributed by atoms with Gasteiger partial charge in [0.1, 0.15) is 5.69 Å². The van der Waals surface area contributed by atoms with E-state index >= 15 is 0 Å². The van der Waals surface area contributed by atoms with E-state index in [1.807, 2.05) is 16.7 Å². The maximum absolute atomic E-state index is 12.7. The second-order valence-corrected chi connectivity index (χ2v) is 6.85. The molecule has 0 atom stereocenters. The van der Waals surface area contributed by atoms with E-state index in [1.165, 1.54) is 0 Å². The van der Waals surface area contributed by atoms with Crippen LogP contribution in [-0.4, -0.2) is 32.9 Å². The summed E-state index contributed by atoms with van der Waals surface area (Å²) in [6.07, 6.45) is 9.33. The van der Waals surface area contributed by atoms with Crippen molar-refractivity contribution in [3.8, 4) is 0 Å². The van der Waals surface area contributed by atoms with Crippen LogP contribution < -0.4 is 10.6 Å². The number of pyridine rings is 1. The summed E-state index contributed by atoms with van der Waals surface area (Å²) >= 11 is 0. The van der Waals surface area contributed by atoms with Crippen molar-refractivity contribution in [2.45, 2.75) is 58.5 Å². The van der Waals surface area contributed by atoms with Crippen molar-refractivity contribution >= 4 is 11.8 Å². The molecule has 0 unspecified atom stereocenters.